The van der Waals surface area contributed by atoms with Gasteiger partial charge in [-0.15, -0.1) is 0 Å². The van der Waals surface area contributed by atoms with Crippen LogP contribution in [-0.2, 0) is 9.53 Å². The number of hydrogen-bond acceptors (Lipinski definition) is 5. The van der Waals surface area contributed by atoms with Gasteiger partial charge in [0.1, 0.15) is 17.5 Å². The molecule has 0 unspecified atom stereocenters. The first-order valence-corrected chi connectivity index (χ1v) is 7.51. The first kappa shape index (κ1) is 18.1. The van der Waals surface area contributed by atoms with E-state index in [9.17, 15) is 22.4 Å². The van der Waals surface area contributed by atoms with Crippen molar-refractivity contribution in [3.63, 3.8) is 0 Å². The third kappa shape index (κ3) is 2.88. The molecule has 1 atom stereocenters. The average Bonchev–Trinajstić information content (AvgIpc) is 2.60. The van der Waals surface area contributed by atoms with E-state index in [0.717, 1.165) is 19.2 Å². The van der Waals surface area contributed by atoms with Crippen LogP contribution in [-0.4, -0.2) is 41.5 Å². The van der Waals surface area contributed by atoms with Crippen molar-refractivity contribution in [3.05, 3.63) is 59.0 Å². The van der Waals surface area contributed by atoms with E-state index in [1.165, 1.54) is 35.4 Å². The fourth-order valence-electron chi connectivity index (χ4n) is 2.40. The van der Waals surface area contributed by atoms with Gasteiger partial charge in [0.05, 0.1) is 12.1 Å². The lowest BCUT2D eigenvalue weighted by atomic mass is 10.1. The highest BCUT2D eigenvalue weighted by Gasteiger charge is 2.64. The van der Waals surface area contributed by atoms with E-state index >= 15 is 0 Å². The van der Waals surface area contributed by atoms with Crippen molar-refractivity contribution in [1.82, 2.24) is 4.90 Å². The number of allylic oxidation sites excluding steroid dienone is 2. The Kier molecular flexibility index (Phi) is 4.35. The van der Waals surface area contributed by atoms with Crippen molar-refractivity contribution in [2.45, 2.75) is 11.8 Å². The molecule has 0 saturated heterocycles. The molecule has 2 aliphatic heterocycles. The Bertz CT molecular complexity index is 874. The molecule has 0 bridgehead atoms. The van der Waals surface area contributed by atoms with Gasteiger partial charge in [0.25, 0.3) is 0 Å². The highest BCUT2D eigenvalue weighted by atomic mass is 35.5. The average molecular weight is 388 g/mol. The van der Waals surface area contributed by atoms with Gasteiger partial charge in [-0.1, -0.05) is 11.6 Å². The maximum Gasteiger partial charge on any atom is 0.445 e. The molecule has 0 radical (unpaired) electrons. The molecule has 2 heterocycles. The van der Waals surface area contributed by atoms with Crippen LogP contribution in [0.25, 0.3) is 0 Å². The minimum atomic E-state index is -5.16. The predicted octanol–water partition coefficient (Wildman–Crippen LogP) is 3.37. The zero-order valence-electron chi connectivity index (χ0n) is 13.1. The zero-order valence-corrected chi connectivity index (χ0v) is 13.8. The molecule has 1 aromatic carbocycles. The lowest BCUT2D eigenvalue weighted by Crippen LogP contribution is -2.55. The van der Waals surface area contributed by atoms with Crippen molar-refractivity contribution in [2.75, 3.05) is 7.11 Å². The molecule has 0 fully saturated rings. The Hall–Kier alpha value is -2.68. The van der Waals surface area contributed by atoms with Crippen LogP contribution in [0.1, 0.15) is 5.56 Å². The molecule has 1 aromatic rings. The molecule has 5 nitrogen and oxygen atoms in total. The van der Waals surface area contributed by atoms with E-state index in [-0.39, 0.29) is 22.3 Å². The van der Waals surface area contributed by atoms with Crippen LogP contribution in [0.2, 0.25) is 0 Å². The highest BCUT2D eigenvalue weighted by Crippen LogP contribution is 2.40. The summed E-state index contributed by atoms with van der Waals surface area (Å²) >= 11 is 5.91. The first-order valence-electron chi connectivity index (χ1n) is 7.13. The summed E-state index contributed by atoms with van der Waals surface area (Å²) in [5.41, 5.74) is -3.34. The Morgan fingerprint density at radius 1 is 1.19 bits per heavy atom. The number of esters is 1. The molecule has 0 saturated carbocycles. The molecule has 0 amide bonds. The molecule has 26 heavy (non-hydrogen) atoms. The number of halogens is 5. The molecule has 0 N–H and O–H groups in total. The van der Waals surface area contributed by atoms with E-state index in [1.54, 1.807) is 0 Å². The van der Waals surface area contributed by atoms with Gasteiger partial charge in [-0.25, -0.2) is 19.2 Å². The number of amidine groups is 2. The number of ether oxygens (including phenoxy) is 1. The largest absolute Gasteiger partial charge is 0.465 e. The van der Waals surface area contributed by atoms with Crippen LogP contribution < -0.4 is 0 Å². The lowest BCUT2D eigenvalue weighted by molar-refractivity contribution is -0.202. The number of fused-ring (bicyclic) bond motifs is 1. The fraction of sp³-hybridized carbons (Fsp3) is 0.188. The number of rotatable bonds is 2. The summed E-state index contributed by atoms with van der Waals surface area (Å²) in [6.07, 6.45) is -1.34. The number of aliphatic imine (C=N–C) groups is 2. The smallest absolute Gasteiger partial charge is 0.445 e. The lowest BCUT2D eigenvalue weighted by Gasteiger charge is -2.36. The normalized spacial score (nSPS) is 22.2. The minimum absolute atomic E-state index is 0.132. The summed E-state index contributed by atoms with van der Waals surface area (Å²) in [5, 5.41) is 0.205. The fourth-order valence-corrected chi connectivity index (χ4v) is 2.56. The Morgan fingerprint density at radius 3 is 2.42 bits per heavy atom. The highest BCUT2D eigenvalue weighted by molar-refractivity contribution is 6.32. The zero-order chi connectivity index (χ0) is 19.1. The molecule has 10 heteroatoms. The van der Waals surface area contributed by atoms with Gasteiger partial charge in [-0.3, -0.25) is 4.90 Å². The molecular formula is C16H10ClF4N3O2. The number of hydrogen-bond donors (Lipinski definition) is 0. The maximum atomic E-state index is 13.8. The first-order chi connectivity index (χ1) is 12.2. The summed E-state index contributed by atoms with van der Waals surface area (Å²) < 4.78 is 58.8. The van der Waals surface area contributed by atoms with Crippen molar-refractivity contribution in [2.24, 2.45) is 9.98 Å². The van der Waals surface area contributed by atoms with Gasteiger partial charge in [0.2, 0.25) is 0 Å². The van der Waals surface area contributed by atoms with Gasteiger partial charge in [-0.05, 0) is 36.4 Å². The number of methoxy groups -OCH3 is 1. The molecule has 0 aliphatic carbocycles. The monoisotopic (exact) mass is 387 g/mol. The molecule has 3 rings (SSSR count). The molecule has 136 valence electrons. The Morgan fingerprint density at radius 2 is 1.85 bits per heavy atom. The third-order valence-corrected chi connectivity index (χ3v) is 3.85. The van der Waals surface area contributed by atoms with Gasteiger partial charge in [0, 0.05) is 11.8 Å². The summed E-state index contributed by atoms with van der Waals surface area (Å²) in [6.45, 7) is 0. The van der Waals surface area contributed by atoms with E-state index in [0.29, 0.717) is 0 Å². The summed E-state index contributed by atoms with van der Waals surface area (Å²) in [6, 6.07) is 4.58. The number of nitrogens with zero attached hydrogens (tertiary/aromatic N) is 3. The Balaban J connectivity index is 2.27. The van der Waals surface area contributed by atoms with Crippen LogP contribution in [0.4, 0.5) is 17.6 Å². The van der Waals surface area contributed by atoms with Gasteiger partial charge in [-0.2, -0.15) is 13.2 Å². The van der Waals surface area contributed by atoms with Crippen LogP contribution in [0.5, 0.6) is 0 Å². The molecule has 0 spiro atoms. The van der Waals surface area contributed by atoms with Crippen LogP contribution in [0, 0.1) is 5.82 Å². The second kappa shape index (κ2) is 6.24. The van der Waals surface area contributed by atoms with Crippen LogP contribution in [0.3, 0.4) is 0 Å². The Labute approximate surface area is 149 Å². The van der Waals surface area contributed by atoms with Crippen LogP contribution >= 0.6 is 11.6 Å². The number of carbonyl (C=O) groups is 1. The van der Waals surface area contributed by atoms with Crippen molar-refractivity contribution < 1.29 is 27.1 Å². The topological polar surface area (TPSA) is 54.3 Å². The number of carbonyl (C=O) groups excluding carboxylic acids is 1. The van der Waals surface area contributed by atoms with E-state index in [4.69, 9.17) is 11.6 Å². The van der Waals surface area contributed by atoms with E-state index in [2.05, 4.69) is 14.7 Å². The number of alkyl halides is 3. The maximum absolute atomic E-state index is 13.8. The van der Waals surface area contributed by atoms with Gasteiger partial charge >= 0.3 is 17.8 Å². The van der Waals surface area contributed by atoms with Crippen LogP contribution in [0.15, 0.2) is 57.6 Å². The summed E-state index contributed by atoms with van der Waals surface area (Å²) in [7, 11) is 0.808. The van der Waals surface area contributed by atoms with Crippen molar-refractivity contribution in [3.8, 4) is 0 Å². The summed E-state index contributed by atoms with van der Waals surface area (Å²) in [4.78, 5) is 20.3. The second-order valence-corrected chi connectivity index (χ2v) is 5.73. The molecular weight excluding hydrogens is 378 g/mol. The van der Waals surface area contributed by atoms with Crippen molar-refractivity contribution >= 4 is 29.2 Å². The van der Waals surface area contributed by atoms with Crippen molar-refractivity contribution in [1.29, 1.82) is 0 Å². The quantitative estimate of drug-likeness (QED) is 0.577. The standard InChI is InChI=1S/C16H10ClF4N3O2/c1-26-14(25)15(16(19,20)21)22-12-7-4-10(17)8-24(12)13(23-15)9-2-5-11(18)6-3-9/h2-8H,1H3/t15-/m1/s1. The second-order valence-electron chi connectivity index (χ2n) is 5.29. The van der Waals surface area contributed by atoms with Gasteiger partial charge in [0.15, 0.2) is 0 Å². The third-order valence-electron chi connectivity index (χ3n) is 3.63. The summed E-state index contributed by atoms with van der Waals surface area (Å²) in [5.74, 6) is -2.77. The predicted molar refractivity (Wildman–Crippen MR) is 86.1 cm³/mol. The molecule has 0 aromatic heterocycles. The number of benzene rings is 1. The van der Waals surface area contributed by atoms with E-state index in [1.807, 2.05) is 0 Å². The van der Waals surface area contributed by atoms with Gasteiger partial charge < -0.3 is 4.74 Å². The van der Waals surface area contributed by atoms with E-state index < -0.39 is 23.6 Å². The minimum Gasteiger partial charge on any atom is -0.465 e. The molecule has 2 aliphatic rings. The SMILES string of the molecule is COC(=O)[C@@]1(C(F)(F)F)N=C2C=CC(Cl)=CN2C(c2ccc(F)cc2)=N1.